The third kappa shape index (κ3) is 2.84. The zero-order chi connectivity index (χ0) is 12.4. The van der Waals surface area contributed by atoms with Gasteiger partial charge in [-0.15, -0.1) is 0 Å². The van der Waals surface area contributed by atoms with Crippen LogP contribution in [0.25, 0.3) is 0 Å². The van der Waals surface area contributed by atoms with Crippen LogP contribution in [0.3, 0.4) is 0 Å². The normalized spacial score (nSPS) is 26.1. The van der Waals surface area contributed by atoms with Crippen LogP contribution >= 0.6 is 23.2 Å². The van der Waals surface area contributed by atoms with E-state index in [1.54, 1.807) is 18.2 Å². The minimum absolute atomic E-state index is 0.164. The van der Waals surface area contributed by atoms with Crippen molar-refractivity contribution in [2.24, 2.45) is 11.7 Å². The fraction of sp³-hybridized carbons (Fsp3) is 0.500. The zero-order valence-corrected chi connectivity index (χ0v) is 11.7. The molecule has 5 heteroatoms. The summed E-state index contributed by atoms with van der Waals surface area (Å²) in [5.74, 6) is 0.366. The molecule has 0 saturated heterocycles. The smallest absolute Gasteiger partial charge is 0.0604 e. The van der Waals surface area contributed by atoms with Crippen molar-refractivity contribution >= 4 is 34.0 Å². The fourth-order valence-electron chi connectivity index (χ4n) is 2.33. The van der Waals surface area contributed by atoms with Crippen LogP contribution in [0.4, 0.5) is 0 Å². The number of hydrogen-bond acceptors (Lipinski definition) is 2. The molecular weight excluding hydrogens is 277 g/mol. The summed E-state index contributed by atoms with van der Waals surface area (Å²) in [6, 6.07) is 5.19. The highest BCUT2D eigenvalue weighted by molar-refractivity contribution is 7.85. The average molecular weight is 292 g/mol. The lowest BCUT2D eigenvalue weighted by atomic mass is 10.1. The molecule has 3 unspecified atom stereocenters. The van der Waals surface area contributed by atoms with Crippen LogP contribution in [-0.4, -0.2) is 16.0 Å². The first kappa shape index (κ1) is 13.3. The summed E-state index contributed by atoms with van der Waals surface area (Å²) >= 11 is 11.8. The minimum Gasteiger partial charge on any atom is -0.330 e. The van der Waals surface area contributed by atoms with Gasteiger partial charge in [-0.3, -0.25) is 4.21 Å². The number of benzene rings is 1. The second-order valence-electron chi connectivity index (χ2n) is 4.34. The molecule has 1 aliphatic carbocycles. The molecule has 0 amide bonds. The monoisotopic (exact) mass is 291 g/mol. The van der Waals surface area contributed by atoms with Gasteiger partial charge in [0.15, 0.2) is 0 Å². The van der Waals surface area contributed by atoms with Crippen molar-refractivity contribution in [3.63, 3.8) is 0 Å². The van der Waals surface area contributed by atoms with Gasteiger partial charge in [0, 0.05) is 10.1 Å². The molecule has 0 aliphatic heterocycles. The molecule has 2 N–H and O–H groups in total. The molecule has 17 heavy (non-hydrogen) atoms. The van der Waals surface area contributed by atoms with E-state index in [1.165, 1.54) is 0 Å². The van der Waals surface area contributed by atoms with E-state index in [0.29, 0.717) is 22.5 Å². The standard InChI is InChI=1S/C12H15Cl2NOS/c13-10-5-4-9(6-11(10)14)17(16)12-3-1-2-8(12)7-15/h4-6,8,12H,1-3,7,15H2. The van der Waals surface area contributed by atoms with Gasteiger partial charge in [-0.05, 0) is 43.5 Å². The Morgan fingerprint density at radius 3 is 2.71 bits per heavy atom. The van der Waals surface area contributed by atoms with Gasteiger partial charge in [-0.25, -0.2) is 0 Å². The van der Waals surface area contributed by atoms with Crippen molar-refractivity contribution in [2.45, 2.75) is 29.4 Å². The molecular formula is C12H15Cl2NOS. The molecule has 1 saturated carbocycles. The molecule has 94 valence electrons. The second-order valence-corrected chi connectivity index (χ2v) is 6.82. The van der Waals surface area contributed by atoms with E-state index in [4.69, 9.17) is 28.9 Å². The molecule has 1 aromatic carbocycles. The van der Waals surface area contributed by atoms with E-state index in [2.05, 4.69) is 0 Å². The summed E-state index contributed by atoms with van der Waals surface area (Å²) in [6.07, 6.45) is 3.17. The number of rotatable bonds is 3. The van der Waals surface area contributed by atoms with Gasteiger partial charge in [-0.2, -0.15) is 0 Å². The summed E-state index contributed by atoms with van der Waals surface area (Å²) in [7, 11) is -1.03. The molecule has 1 aliphatic rings. The Hall–Kier alpha value is -0.0900. The maximum absolute atomic E-state index is 12.4. The van der Waals surface area contributed by atoms with E-state index in [-0.39, 0.29) is 5.25 Å². The van der Waals surface area contributed by atoms with Crippen molar-refractivity contribution in [1.29, 1.82) is 0 Å². The van der Waals surface area contributed by atoms with Crippen molar-refractivity contribution in [2.75, 3.05) is 6.54 Å². The predicted octanol–water partition coefficient (Wildman–Crippen LogP) is 3.23. The third-order valence-electron chi connectivity index (χ3n) is 3.29. The highest BCUT2D eigenvalue weighted by atomic mass is 35.5. The van der Waals surface area contributed by atoms with Crippen molar-refractivity contribution in [3.05, 3.63) is 28.2 Å². The number of halogens is 2. The molecule has 0 bridgehead atoms. The van der Waals surface area contributed by atoms with Crippen LogP contribution in [-0.2, 0) is 10.8 Å². The summed E-state index contributed by atoms with van der Waals surface area (Å²) < 4.78 is 12.4. The highest BCUT2D eigenvalue weighted by Crippen LogP contribution is 2.33. The quantitative estimate of drug-likeness (QED) is 0.929. The Kier molecular flexibility index (Phi) is 4.47. The zero-order valence-electron chi connectivity index (χ0n) is 9.36. The van der Waals surface area contributed by atoms with Crippen LogP contribution < -0.4 is 5.73 Å². The topological polar surface area (TPSA) is 43.1 Å². The summed E-state index contributed by atoms with van der Waals surface area (Å²) in [5.41, 5.74) is 5.71. The van der Waals surface area contributed by atoms with Gasteiger partial charge in [0.05, 0.1) is 20.8 Å². The molecule has 0 radical (unpaired) electrons. The van der Waals surface area contributed by atoms with Crippen LogP contribution in [0.15, 0.2) is 23.1 Å². The van der Waals surface area contributed by atoms with Gasteiger partial charge < -0.3 is 5.73 Å². The van der Waals surface area contributed by atoms with Crippen LogP contribution in [0.1, 0.15) is 19.3 Å². The molecule has 2 rings (SSSR count). The van der Waals surface area contributed by atoms with Crippen LogP contribution in [0.2, 0.25) is 10.0 Å². The third-order valence-corrected chi connectivity index (χ3v) is 5.92. The van der Waals surface area contributed by atoms with Gasteiger partial charge in [-0.1, -0.05) is 29.6 Å². The first-order chi connectivity index (χ1) is 8.13. The van der Waals surface area contributed by atoms with Gasteiger partial charge in [0.25, 0.3) is 0 Å². The second kappa shape index (κ2) is 5.70. The predicted molar refractivity (Wildman–Crippen MR) is 73.1 cm³/mol. The largest absolute Gasteiger partial charge is 0.330 e. The fourth-order valence-corrected chi connectivity index (χ4v) is 4.46. The van der Waals surface area contributed by atoms with Crippen molar-refractivity contribution < 1.29 is 4.21 Å². The van der Waals surface area contributed by atoms with E-state index in [0.717, 1.165) is 24.2 Å². The van der Waals surface area contributed by atoms with Crippen LogP contribution in [0.5, 0.6) is 0 Å². The Balaban J connectivity index is 2.21. The van der Waals surface area contributed by atoms with Crippen LogP contribution in [0, 0.1) is 5.92 Å². The lowest BCUT2D eigenvalue weighted by Crippen LogP contribution is -2.26. The molecule has 1 aromatic rings. The average Bonchev–Trinajstić information content (AvgIpc) is 2.80. The minimum atomic E-state index is -1.03. The van der Waals surface area contributed by atoms with Gasteiger partial charge in [0.2, 0.25) is 0 Å². The molecule has 0 spiro atoms. The summed E-state index contributed by atoms with van der Waals surface area (Å²) in [4.78, 5) is 0.754. The summed E-state index contributed by atoms with van der Waals surface area (Å²) in [6.45, 7) is 0.609. The maximum Gasteiger partial charge on any atom is 0.0604 e. The van der Waals surface area contributed by atoms with E-state index in [9.17, 15) is 4.21 Å². The summed E-state index contributed by atoms with van der Waals surface area (Å²) in [5, 5.41) is 1.12. The van der Waals surface area contributed by atoms with Crippen molar-refractivity contribution in [3.8, 4) is 0 Å². The lowest BCUT2D eigenvalue weighted by molar-refractivity contribution is 0.557. The number of nitrogens with two attached hydrogens (primary N) is 1. The highest BCUT2D eigenvalue weighted by Gasteiger charge is 2.31. The molecule has 3 atom stereocenters. The first-order valence-electron chi connectivity index (χ1n) is 5.69. The Labute approximate surface area is 114 Å². The first-order valence-corrected chi connectivity index (χ1v) is 7.66. The SMILES string of the molecule is NCC1CCCC1S(=O)c1ccc(Cl)c(Cl)c1. The molecule has 0 heterocycles. The Morgan fingerprint density at radius 1 is 1.29 bits per heavy atom. The molecule has 1 fully saturated rings. The Bertz CT molecular complexity index is 439. The maximum atomic E-state index is 12.4. The number of hydrogen-bond donors (Lipinski definition) is 1. The van der Waals surface area contributed by atoms with E-state index in [1.807, 2.05) is 0 Å². The van der Waals surface area contributed by atoms with Crippen molar-refractivity contribution in [1.82, 2.24) is 0 Å². The van der Waals surface area contributed by atoms with E-state index >= 15 is 0 Å². The van der Waals surface area contributed by atoms with E-state index < -0.39 is 10.8 Å². The van der Waals surface area contributed by atoms with Gasteiger partial charge in [0.1, 0.15) is 0 Å². The molecule has 0 aromatic heterocycles. The Morgan fingerprint density at radius 2 is 2.06 bits per heavy atom. The molecule has 2 nitrogen and oxygen atoms in total. The van der Waals surface area contributed by atoms with Gasteiger partial charge >= 0.3 is 0 Å². The lowest BCUT2D eigenvalue weighted by Gasteiger charge is -2.17.